The molecule has 1 aliphatic carbocycles. The van der Waals surface area contributed by atoms with Crippen LogP contribution in [0.4, 0.5) is 0 Å². The van der Waals surface area contributed by atoms with E-state index in [0.717, 1.165) is 31.2 Å². The van der Waals surface area contributed by atoms with Gasteiger partial charge in [-0.2, -0.15) is 0 Å². The zero-order chi connectivity index (χ0) is 13.9. The molecule has 0 spiro atoms. The van der Waals surface area contributed by atoms with Crippen LogP contribution < -0.4 is 11.1 Å². The summed E-state index contributed by atoms with van der Waals surface area (Å²) >= 11 is 10.9. The van der Waals surface area contributed by atoms with Crippen LogP contribution in [0.3, 0.4) is 0 Å². The van der Waals surface area contributed by atoms with Gasteiger partial charge in [-0.3, -0.25) is 4.79 Å². The first-order chi connectivity index (χ1) is 9.02. The molecule has 0 radical (unpaired) electrons. The van der Waals surface area contributed by atoms with Gasteiger partial charge >= 0.3 is 0 Å². The molecule has 0 aliphatic heterocycles. The van der Waals surface area contributed by atoms with E-state index in [2.05, 4.69) is 5.32 Å². The van der Waals surface area contributed by atoms with Crippen molar-refractivity contribution >= 4 is 34.7 Å². The molecular weight excluding hydrogens is 280 g/mol. The lowest BCUT2D eigenvalue weighted by Crippen LogP contribution is -2.55. The number of rotatable bonds is 4. The van der Waals surface area contributed by atoms with E-state index in [1.807, 2.05) is 12.1 Å². The van der Waals surface area contributed by atoms with E-state index in [4.69, 9.17) is 29.6 Å². The predicted molar refractivity (Wildman–Crippen MR) is 81.3 cm³/mol. The van der Waals surface area contributed by atoms with Crippen LogP contribution in [0.15, 0.2) is 24.3 Å². The van der Waals surface area contributed by atoms with E-state index < -0.39 is 5.54 Å². The Hall–Kier alpha value is -1.13. The number of hydrogen-bond donors (Lipinski definition) is 2. The second-order valence-corrected chi connectivity index (χ2v) is 5.88. The quantitative estimate of drug-likeness (QED) is 0.840. The van der Waals surface area contributed by atoms with Crippen LogP contribution in [-0.4, -0.2) is 16.4 Å². The van der Waals surface area contributed by atoms with Crippen LogP contribution in [0.25, 0.3) is 0 Å². The van der Waals surface area contributed by atoms with Crippen molar-refractivity contribution in [3.8, 4) is 0 Å². The first-order valence-electron chi connectivity index (χ1n) is 6.37. The summed E-state index contributed by atoms with van der Waals surface area (Å²) in [5.74, 6) is -0.0444. The largest absolute Gasteiger partial charge is 0.391 e. The third kappa shape index (κ3) is 3.45. The summed E-state index contributed by atoms with van der Waals surface area (Å²) in [5.41, 5.74) is 6.25. The van der Waals surface area contributed by atoms with Crippen molar-refractivity contribution in [1.82, 2.24) is 5.32 Å². The van der Waals surface area contributed by atoms with Gasteiger partial charge in [-0.1, -0.05) is 48.8 Å². The molecule has 1 saturated carbocycles. The van der Waals surface area contributed by atoms with Crippen LogP contribution in [0, 0.1) is 0 Å². The summed E-state index contributed by atoms with van der Waals surface area (Å²) in [6, 6.07) is 7.26. The van der Waals surface area contributed by atoms with Crippen LogP contribution in [0.2, 0.25) is 5.02 Å². The minimum Gasteiger partial charge on any atom is -0.391 e. The molecule has 0 saturated heterocycles. The molecule has 1 amide bonds. The van der Waals surface area contributed by atoms with Crippen LogP contribution in [0.1, 0.15) is 31.2 Å². The molecule has 5 heteroatoms. The van der Waals surface area contributed by atoms with Crippen molar-refractivity contribution in [2.24, 2.45) is 5.73 Å². The normalized spacial score (nSPS) is 17.1. The van der Waals surface area contributed by atoms with Gasteiger partial charge < -0.3 is 11.1 Å². The fourth-order valence-electron chi connectivity index (χ4n) is 2.51. The first-order valence-corrected chi connectivity index (χ1v) is 7.16. The fraction of sp³-hybridized carbons (Fsp3) is 0.429. The Labute approximate surface area is 123 Å². The highest BCUT2D eigenvalue weighted by Crippen LogP contribution is 2.30. The maximum atomic E-state index is 12.1. The maximum Gasteiger partial charge on any atom is 0.225 e. The van der Waals surface area contributed by atoms with Crippen molar-refractivity contribution in [1.29, 1.82) is 0 Å². The van der Waals surface area contributed by atoms with E-state index >= 15 is 0 Å². The van der Waals surface area contributed by atoms with Crippen LogP contribution in [-0.2, 0) is 11.2 Å². The van der Waals surface area contributed by atoms with Crippen molar-refractivity contribution < 1.29 is 4.79 Å². The monoisotopic (exact) mass is 296 g/mol. The average molecular weight is 297 g/mol. The minimum absolute atomic E-state index is 0.0444. The molecule has 0 bridgehead atoms. The fourth-order valence-corrected chi connectivity index (χ4v) is 2.89. The van der Waals surface area contributed by atoms with E-state index in [-0.39, 0.29) is 5.91 Å². The lowest BCUT2D eigenvalue weighted by Gasteiger charge is -2.29. The van der Waals surface area contributed by atoms with E-state index in [0.29, 0.717) is 16.4 Å². The lowest BCUT2D eigenvalue weighted by atomic mass is 9.97. The van der Waals surface area contributed by atoms with Gasteiger partial charge in [-0.05, 0) is 30.5 Å². The Bertz CT molecular complexity index is 481. The number of amides is 1. The van der Waals surface area contributed by atoms with Crippen molar-refractivity contribution in [3.63, 3.8) is 0 Å². The summed E-state index contributed by atoms with van der Waals surface area (Å²) in [4.78, 5) is 12.5. The smallest absolute Gasteiger partial charge is 0.225 e. The maximum absolute atomic E-state index is 12.1. The number of benzene rings is 1. The standard InChI is InChI=1S/C14H17ClN2OS/c15-11-5-3-10(4-6-11)9-12(18)17-14(13(16)19)7-1-2-8-14/h3-6H,1-2,7-9H2,(H2,16,19)(H,17,18). The molecule has 1 aliphatic rings. The number of carbonyl (C=O) groups excluding carboxylic acids is 1. The third-order valence-corrected chi connectivity index (χ3v) is 4.23. The van der Waals surface area contributed by atoms with Gasteiger partial charge in [0.25, 0.3) is 0 Å². The molecule has 102 valence electrons. The van der Waals surface area contributed by atoms with Gasteiger partial charge in [0.1, 0.15) is 0 Å². The summed E-state index contributed by atoms with van der Waals surface area (Å²) in [5, 5.41) is 3.68. The molecular formula is C14H17ClN2OS. The second kappa shape index (κ2) is 5.88. The molecule has 0 atom stereocenters. The zero-order valence-electron chi connectivity index (χ0n) is 10.6. The highest BCUT2D eigenvalue weighted by atomic mass is 35.5. The Balaban J connectivity index is 2.00. The molecule has 1 aromatic carbocycles. The molecule has 0 aromatic heterocycles. The van der Waals surface area contributed by atoms with Gasteiger partial charge in [-0.15, -0.1) is 0 Å². The third-order valence-electron chi connectivity index (χ3n) is 3.59. The Morgan fingerprint density at radius 2 is 1.89 bits per heavy atom. The number of thiocarbonyl (C=S) groups is 1. The molecule has 19 heavy (non-hydrogen) atoms. The number of hydrogen-bond acceptors (Lipinski definition) is 2. The molecule has 1 aromatic rings. The second-order valence-electron chi connectivity index (χ2n) is 5.00. The van der Waals surface area contributed by atoms with Crippen molar-refractivity contribution in [2.45, 2.75) is 37.6 Å². The van der Waals surface area contributed by atoms with E-state index in [9.17, 15) is 4.79 Å². The highest BCUT2D eigenvalue weighted by Gasteiger charge is 2.37. The average Bonchev–Trinajstić information content (AvgIpc) is 2.82. The number of carbonyl (C=O) groups is 1. The zero-order valence-corrected chi connectivity index (χ0v) is 12.2. The molecule has 0 unspecified atom stereocenters. The molecule has 3 N–H and O–H groups in total. The molecule has 3 nitrogen and oxygen atoms in total. The number of nitrogens with two attached hydrogens (primary N) is 1. The Kier molecular flexibility index (Phi) is 4.42. The Morgan fingerprint density at radius 3 is 2.42 bits per heavy atom. The summed E-state index contributed by atoms with van der Waals surface area (Å²) < 4.78 is 0. The molecule has 2 rings (SSSR count). The molecule has 1 fully saturated rings. The summed E-state index contributed by atoms with van der Waals surface area (Å²) in [7, 11) is 0. The van der Waals surface area contributed by atoms with Crippen LogP contribution in [0.5, 0.6) is 0 Å². The predicted octanol–water partition coefficient (Wildman–Crippen LogP) is 2.60. The van der Waals surface area contributed by atoms with Gasteiger partial charge in [-0.25, -0.2) is 0 Å². The van der Waals surface area contributed by atoms with Gasteiger partial charge in [0.2, 0.25) is 5.91 Å². The Morgan fingerprint density at radius 1 is 1.32 bits per heavy atom. The van der Waals surface area contributed by atoms with Crippen molar-refractivity contribution in [2.75, 3.05) is 0 Å². The number of halogens is 1. The van der Waals surface area contributed by atoms with Crippen molar-refractivity contribution in [3.05, 3.63) is 34.9 Å². The minimum atomic E-state index is -0.473. The van der Waals surface area contributed by atoms with E-state index in [1.165, 1.54) is 0 Å². The topological polar surface area (TPSA) is 55.1 Å². The summed E-state index contributed by atoms with van der Waals surface area (Å²) in [6.45, 7) is 0. The van der Waals surface area contributed by atoms with Crippen LogP contribution >= 0.6 is 23.8 Å². The van der Waals surface area contributed by atoms with E-state index in [1.54, 1.807) is 12.1 Å². The molecule has 0 heterocycles. The summed E-state index contributed by atoms with van der Waals surface area (Å²) in [6.07, 6.45) is 4.11. The first kappa shape index (κ1) is 14.3. The van der Waals surface area contributed by atoms with Gasteiger partial charge in [0.15, 0.2) is 0 Å². The van der Waals surface area contributed by atoms with Gasteiger partial charge in [0.05, 0.1) is 16.9 Å². The number of nitrogens with one attached hydrogen (secondary N) is 1. The lowest BCUT2D eigenvalue weighted by molar-refractivity contribution is -0.121. The highest BCUT2D eigenvalue weighted by molar-refractivity contribution is 7.80. The van der Waals surface area contributed by atoms with Gasteiger partial charge in [0, 0.05) is 5.02 Å². The SMILES string of the molecule is NC(=S)C1(NC(=O)Cc2ccc(Cl)cc2)CCCC1.